The summed E-state index contributed by atoms with van der Waals surface area (Å²) >= 11 is 17.3. The highest BCUT2D eigenvalue weighted by atomic mass is 35.6. The summed E-state index contributed by atoms with van der Waals surface area (Å²) in [5, 5.41) is 0.304. The fourth-order valence-corrected chi connectivity index (χ4v) is 4.67. The number of benzene rings is 2. The van der Waals surface area contributed by atoms with Gasteiger partial charge in [0.05, 0.1) is 4.90 Å². The minimum absolute atomic E-state index is 0.194. The molecule has 1 N–H and O–H groups in total. The molecule has 0 aromatic heterocycles. The summed E-state index contributed by atoms with van der Waals surface area (Å²) in [5.41, 5.74) is 1.11. The number of hydrogen-bond acceptors (Lipinski definition) is 3. The Bertz CT molecular complexity index is 880. The molecule has 0 radical (unpaired) electrons. The number of aryl methyl sites for hydroxylation is 1. The molecule has 0 aliphatic rings. The van der Waals surface area contributed by atoms with Crippen LogP contribution in [0.15, 0.2) is 53.4 Å². The number of nitrogens with one attached hydrogen (secondary N) is 1. The van der Waals surface area contributed by atoms with Crippen LogP contribution in [0.2, 0.25) is 0 Å². The van der Waals surface area contributed by atoms with Crippen LogP contribution in [0.4, 0.5) is 4.39 Å². The molecule has 9 heteroatoms. The van der Waals surface area contributed by atoms with Crippen LogP contribution in [0.25, 0.3) is 0 Å². The first-order valence-electron chi connectivity index (χ1n) is 6.95. The molecule has 0 aliphatic heterocycles. The van der Waals surface area contributed by atoms with E-state index in [2.05, 4.69) is 5.32 Å². The van der Waals surface area contributed by atoms with E-state index in [1.54, 1.807) is 12.1 Å². The monoisotopic (exact) mass is 423 g/mol. The molecule has 0 saturated heterocycles. The fourth-order valence-electron chi connectivity index (χ4n) is 2.02. The third-order valence-corrected chi connectivity index (χ3v) is 6.35. The number of sulfone groups is 1. The van der Waals surface area contributed by atoms with Crippen LogP contribution in [-0.4, -0.2) is 23.5 Å². The Labute approximate surface area is 159 Å². The lowest BCUT2D eigenvalue weighted by Gasteiger charge is -2.25. The molecular weight excluding hydrogens is 412 g/mol. The number of carbonyl (C=O) groups is 1. The number of rotatable bonds is 4. The van der Waals surface area contributed by atoms with Crippen molar-refractivity contribution in [3.63, 3.8) is 0 Å². The number of alkyl halides is 3. The van der Waals surface area contributed by atoms with Gasteiger partial charge in [-0.25, -0.2) is 12.8 Å². The van der Waals surface area contributed by atoms with Crippen molar-refractivity contribution in [1.82, 2.24) is 5.32 Å². The second kappa shape index (κ2) is 7.50. The Kier molecular flexibility index (Phi) is 5.99. The van der Waals surface area contributed by atoms with Crippen LogP contribution in [-0.2, 0) is 9.84 Å². The molecular formula is C16H13Cl3FNO3S. The van der Waals surface area contributed by atoms with Gasteiger partial charge in [0, 0.05) is 5.56 Å². The van der Waals surface area contributed by atoms with Crippen molar-refractivity contribution in [2.24, 2.45) is 0 Å². The van der Waals surface area contributed by atoms with Crippen molar-refractivity contribution in [2.45, 2.75) is 21.0 Å². The zero-order valence-electron chi connectivity index (χ0n) is 12.8. The van der Waals surface area contributed by atoms with Crippen molar-refractivity contribution in [1.29, 1.82) is 0 Å². The van der Waals surface area contributed by atoms with Crippen LogP contribution in [0.3, 0.4) is 0 Å². The van der Waals surface area contributed by atoms with E-state index in [-0.39, 0.29) is 5.56 Å². The largest absolute Gasteiger partial charge is 0.332 e. The van der Waals surface area contributed by atoms with Gasteiger partial charge in [0.15, 0.2) is 5.37 Å². The zero-order chi connectivity index (χ0) is 18.8. The molecule has 0 bridgehead atoms. The Morgan fingerprint density at radius 2 is 1.72 bits per heavy atom. The average Bonchev–Trinajstić information content (AvgIpc) is 2.51. The highest BCUT2D eigenvalue weighted by Crippen LogP contribution is 2.36. The molecule has 2 aromatic carbocycles. The van der Waals surface area contributed by atoms with Crippen molar-refractivity contribution in [3.05, 3.63) is 65.5 Å². The van der Waals surface area contributed by atoms with Crippen LogP contribution < -0.4 is 5.32 Å². The van der Waals surface area contributed by atoms with Gasteiger partial charge in [0.2, 0.25) is 13.6 Å². The lowest BCUT2D eigenvalue weighted by Crippen LogP contribution is -2.49. The van der Waals surface area contributed by atoms with E-state index in [0.717, 1.165) is 23.8 Å². The summed E-state index contributed by atoms with van der Waals surface area (Å²) in [6, 6.07) is 10.6. The molecule has 2 aromatic rings. The van der Waals surface area contributed by atoms with E-state index >= 15 is 0 Å². The third kappa shape index (κ3) is 4.85. The Morgan fingerprint density at radius 3 is 2.24 bits per heavy atom. The molecule has 0 saturated carbocycles. The lowest BCUT2D eigenvalue weighted by atomic mass is 10.1. The minimum atomic E-state index is -4.36. The number of carbonyl (C=O) groups excluding carboxylic acids is 1. The summed E-state index contributed by atoms with van der Waals surface area (Å²) in [7, 11) is -4.36. The lowest BCUT2D eigenvalue weighted by molar-refractivity contribution is 0.0948. The smallest absolute Gasteiger partial charge is 0.252 e. The Balaban J connectivity index is 2.40. The van der Waals surface area contributed by atoms with Gasteiger partial charge in [-0.2, -0.15) is 0 Å². The van der Waals surface area contributed by atoms with Crippen LogP contribution in [0, 0.1) is 12.7 Å². The first kappa shape index (κ1) is 20.0. The maximum absolute atomic E-state index is 13.4. The predicted octanol–water partition coefficient (Wildman–Crippen LogP) is 4.03. The van der Waals surface area contributed by atoms with E-state index < -0.39 is 35.6 Å². The van der Waals surface area contributed by atoms with E-state index in [1.807, 2.05) is 6.92 Å². The van der Waals surface area contributed by atoms with E-state index in [4.69, 9.17) is 34.8 Å². The van der Waals surface area contributed by atoms with Crippen molar-refractivity contribution in [3.8, 4) is 0 Å². The van der Waals surface area contributed by atoms with Crippen molar-refractivity contribution in [2.75, 3.05) is 0 Å². The van der Waals surface area contributed by atoms with Gasteiger partial charge in [0.1, 0.15) is 5.82 Å². The summed E-state index contributed by atoms with van der Waals surface area (Å²) in [4.78, 5) is 11.9. The molecule has 1 amide bonds. The third-order valence-electron chi connectivity index (χ3n) is 3.31. The van der Waals surface area contributed by atoms with Gasteiger partial charge in [-0.05, 0) is 37.3 Å². The molecule has 0 fully saturated rings. The Morgan fingerprint density at radius 1 is 1.12 bits per heavy atom. The first-order valence-corrected chi connectivity index (χ1v) is 9.63. The molecule has 0 spiro atoms. The molecule has 4 nitrogen and oxygen atoms in total. The molecule has 0 heterocycles. The van der Waals surface area contributed by atoms with Crippen LogP contribution in [0.1, 0.15) is 15.9 Å². The maximum atomic E-state index is 13.4. The normalized spacial score (nSPS) is 13.3. The zero-order valence-corrected chi connectivity index (χ0v) is 15.9. The van der Waals surface area contributed by atoms with Crippen molar-refractivity contribution < 1.29 is 17.6 Å². The predicted molar refractivity (Wildman–Crippen MR) is 96.3 cm³/mol. The van der Waals surface area contributed by atoms with Gasteiger partial charge in [-0.1, -0.05) is 58.6 Å². The van der Waals surface area contributed by atoms with Gasteiger partial charge in [-0.15, -0.1) is 0 Å². The molecule has 2 rings (SSSR count). The minimum Gasteiger partial charge on any atom is -0.332 e. The molecule has 0 aliphatic carbocycles. The summed E-state index contributed by atoms with van der Waals surface area (Å²) in [6.07, 6.45) is 0. The maximum Gasteiger partial charge on any atom is 0.252 e. The van der Waals surface area contributed by atoms with Gasteiger partial charge in [0.25, 0.3) is 5.91 Å². The number of hydrogen-bond donors (Lipinski definition) is 1. The molecule has 1 atom stereocenters. The summed E-state index contributed by atoms with van der Waals surface area (Å²) in [5.74, 6) is -1.51. The van der Waals surface area contributed by atoms with E-state index in [1.165, 1.54) is 18.2 Å². The SMILES string of the molecule is Cc1ccc(C(=O)NC(C(Cl)(Cl)Cl)S(=O)(=O)c2cccc(F)c2)cc1. The van der Waals surface area contributed by atoms with E-state index in [9.17, 15) is 17.6 Å². The standard InChI is InChI=1S/C16H13Cl3FNO3S/c1-10-5-7-11(8-6-10)14(22)21-15(16(17,18)19)25(23,24)13-4-2-3-12(20)9-13/h2-9,15H,1H3,(H,21,22). The summed E-state index contributed by atoms with van der Waals surface area (Å²) in [6.45, 7) is 1.83. The van der Waals surface area contributed by atoms with Crippen LogP contribution >= 0.6 is 34.8 Å². The Hall–Kier alpha value is -1.34. The van der Waals surface area contributed by atoms with Crippen molar-refractivity contribution >= 4 is 50.5 Å². The van der Waals surface area contributed by atoms with Gasteiger partial charge in [-0.3, -0.25) is 4.79 Å². The highest BCUT2D eigenvalue weighted by molar-refractivity contribution is 7.92. The highest BCUT2D eigenvalue weighted by Gasteiger charge is 2.44. The second-order valence-electron chi connectivity index (χ2n) is 5.26. The van der Waals surface area contributed by atoms with Crippen LogP contribution in [0.5, 0.6) is 0 Å². The quantitative estimate of drug-likeness (QED) is 0.754. The number of amides is 1. The average molecular weight is 425 g/mol. The topological polar surface area (TPSA) is 63.2 Å². The van der Waals surface area contributed by atoms with Gasteiger partial charge < -0.3 is 5.32 Å². The fraction of sp³-hybridized carbons (Fsp3) is 0.188. The van der Waals surface area contributed by atoms with E-state index in [0.29, 0.717) is 0 Å². The molecule has 134 valence electrons. The second-order valence-corrected chi connectivity index (χ2v) is 9.67. The molecule has 1 unspecified atom stereocenters. The number of halogens is 4. The molecule has 25 heavy (non-hydrogen) atoms. The summed E-state index contributed by atoms with van der Waals surface area (Å²) < 4.78 is 36.4. The first-order chi connectivity index (χ1) is 11.5. The van der Waals surface area contributed by atoms with Gasteiger partial charge >= 0.3 is 0 Å².